The lowest BCUT2D eigenvalue weighted by Gasteiger charge is -2.43. The van der Waals surface area contributed by atoms with Gasteiger partial charge in [-0.2, -0.15) is 26.3 Å². The molecule has 0 heterocycles. The van der Waals surface area contributed by atoms with Crippen LogP contribution < -0.4 is 5.32 Å². The molecule has 0 bridgehead atoms. The zero-order valence-electron chi connectivity index (χ0n) is 19.1. The molecule has 9 heteroatoms. The van der Waals surface area contributed by atoms with Crippen molar-refractivity contribution in [2.75, 3.05) is 13.6 Å². The number of rotatable bonds is 6. The molecule has 3 rings (SSSR count). The SMILES string of the molecule is CNC[C@@H]1CC[C@H](O[C@@H](C)c2cc(C(F)(F)F)cc(C(F)(F)F)c2)[C@@H](c2ccc(F)cc2)[C@@H]1C. The van der Waals surface area contributed by atoms with Crippen molar-refractivity contribution < 1.29 is 35.5 Å². The summed E-state index contributed by atoms with van der Waals surface area (Å²) < 4.78 is 99.5. The second-order valence-electron chi connectivity index (χ2n) is 8.99. The van der Waals surface area contributed by atoms with Gasteiger partial charge in [0, 0.05) is 5.92 Å². The van der Waals surface area contributed by atoms with Gasteiger partial charge < -0.3 is 10.1 Å². The third kappa shape index (κ3) is 6.10. The van der Waals surface area contributed by atoms with Gasteiger partial charge in [-0.15, -0.1) is 0 Å². The Bertz CT molecular complexity index is 923. The van der Waals surface area contributed by atoms with Gasteiger partial charge in [0.15, 0.2) is 0 Å². The number of nitrogens with one attached hydrogen (secondary N) is 1. The van der Waals surface area contributed by atoms with Crippen LogP contribution in [0.2, 0.25) is 0 Å². The molecule has 2 aromatic carbocycles. The fourth-order valence-electron chi connectivity index (χ4n) is 4.91. The molecule has 0 amide bonds. The van der Waals surface area contributed by atoms with Gasteiger partial charge in [-0.25, -0.2) is 4.39 Å². The van der Waals surface area contributed by atoms with Crippen LogP contribution in [0.1, 0.15) is 61.0 Å². The van der Waals surface area contributed by atoms with Crippen molar-refractivity contribution in [3.05, 3.63) is 70.5 Å². The number of hydrogen-bond donors (Lipinski definition) is 1. The van der Waals surface area contributed by atoms with Crippen LogP contribution in [0.5, 0.6) is 0 Å². The fraction of sp³-hybridized carbons (Fsp3) is 0.520. The monoisotopic (exact) mass is 491 g/mol. The van der Waals surface area contributed by atoms with Gasteiger partial charge in [-0.3, -0.25) is 0 Å². The summed E-state index contributed by atoms with van der Waals surface area (Å²) in [5.74, 6) is -0.201. The molecule has 0 radical (unpaired) electrons. The molecule has 188 valence electrons. The van der Waals surface area contributed by atoms with Crippen molar-refractivity contribution in [2.24, 2.45) is 11.8 Å². The summed E-state index contributed by atoms with van der Waals surface area (Å²) in [6.07, 6.45) is -9.95. The van der Waals surface area contributed by atoms with Gasteiger partial charge in [0.05, 0.1) is 23.3 Å². The van der Waals surface area contributed by atoms with E-state index in [-0.39, 0.29) is 23.5 Å². The smallest absolute Gasteiger partial charge is 0.370 e. The lowest BCUT2D eigenvalue weighted by Crippen LogP contribution is -2.40. The summed E-state index contributed by atoms with van der Waals surface area (Å²) in [7, 11) is 1.84. The zero-order valence-corrected chi connectivity index (χ0v) is 19.1. The molecule has 1 N–H and O–H groups in total. The molecule has 1 aliphatic rings. The average Bonchev–Trinajstić information content (AvgIpc) is 2.75. The van der Waals surface area contributed by atoms with Crippen molar-refractivity contribution in [3.63, 3.8) is 0 Å². The van der Waals surface area contributed by atoms with Crippen LogP contribution in [0.25, 0.3) is 0 Å². The minimum Gasteiger partial charge on any atom is -0.370 e. The van der Waals surface area contributed by atoms with Crippen molar-refractivity contribution in [3.8, 4) is 0 Å². The summed E-state index contributed by atoms with van der Waals surface area (Å²) in [6.45, 7) is 4.26. The van der Waals surface area contributed by atoms with E-state index in [2.05, 4.69) is 5.32 Å². The lowest BCUT2D eigenvalue weighted by atomic mass is 9.68. The number of hydrogen-bond acceptors (Lipinski definition) is 2. The molecule has 1 saturated carbocycles. The molecular formula is C25H28F7NO. The molecule has 0 saturated heterocycles. The number of ether oxygens (including phenoxy) is 1. The minimum atomic E-state index is -4.92. The van der Waals surface area contributed by atoms with E-state index in [0.29, 0.717) is 24.5 Å². The van der Waals surface area contributed by atoms with Gasteiger partial charge in [-0.05, 0) is 86.7 Å². The average molecular weight is 491 g/mol. The van der Waals surface area contributed by atoms with Crippen LogP contribution in [0.3, 0.4) is 0 Å². The van der Waals surface area contributed by atoms with Gasteiger partial charge in [0.25, 0.3) is 0 Å². The molecule has 0 spiro atoms. The maximum Gasteiger partial charge on any atom is 0.416 e. The number of benzene rings is 2. The first kappa shape index (κ1) is 26.5. The van der Waals surface area contributed by atoms with Gasteiger partial charge >= 0.3 is 12.4 Å². The highest BCUT2D eigenvalue weighted by Crippen LogP contribution is 2.45. The van der Waals surface area contributed by atoms with Crippen LogP contribution in [-0.4, -0.2) is 19.7 Å². The molecule has 2 nitrogen and oxygen atoms in total. The first-order valence-corrected chi connectivity index (χ1v) is 11.2. The Balaban J connectivity index is 1.94. The predicted octanol–water partition coefficient (Wildman–Crippen LogP) is 7.36. The maximum atomic E-state index is 13.5. The summed E-state index contributed by atoms with van der Waals surface area (Å²) in [5, 5.41) is 3.16. The molecule has 0 unspecified atom stereocenters. The molecule has 0 aliphatic heterocycles. The van der Waals surface area contributed by atoms with Gasteiger partial charge in [0.1, 0.15) is 5.82 Å². The summed E-state index contributed by atoms with van der Waals surface area (Å²) in [4.78, 5) is 0. The Morgan fingerprint density at radius 2 is 1.50 bits per heavy atom. The third-order valence-corrected chi connectivity index (χ3v) is 6.71. The van der Waals surface area contributed by atoms with Crippen molar-refractivity contribution in [1.29, 1.82) is 0 Å². The van der Waals surface area contributed by atoms with Gasteiger partial charge in [0.2, 0.25) is 0 Å². The van der Waals surface area contributed by atoms with Gasteiger partial charge in [-0.1, -0.05) is 19.1 Å². The molecule has 2 aromatic rings. The van der Waals surface area contributed by atoms with E-state index in [1.165, 1.54) is 19.1 Å². The van der Waals surface area contributed by atoms with E-state index >= 15 is 0 Å². The van der Waals surface area contributed by atoms with Crippen LogP contribution in [0.4, 0.5) is 30.7 Å². The predicted molar refractivity (Wildman–Crippen MR) is 115 cm³/mol. The highest BCUT2D eigenvalue weighted by atomic mass is 19.4. The maximum absolute atomic E-state index is 13.5. The topological polar surface area (TPSA) is 21.3 Å². The third-order valence-electron chi connectivity index (χ3n) is 6.71. The largest absolute Gasteiger partial charge is 0.416 e. The molecule has 1 aliphatic carbocycles. The molecule has 5 atom stereocenters. The first-order valence-electron chi connectivity index (χ1n) is 11.2. The number of alkyl halides is 6. The van der Waals surface area contributed by atoms with Crippen LogP contribution in [0.15, 0.2) is 42.5 Å². The normalized spacial score (nSPS) is 24.8. The second-order valence-corrected chi connectivity index (χ2v) is 8.99. The summed E-state index contributed by atoms with van der Waals surface area (Å²) in [5.41, 5.74) is -2.10. The Kier molecular flexibility index (Phi) is 7.97. The Morgan fingerprint density at radius 3 is 2.00 bits per heavy atom. The van der Waals surface area contributed by atoms with E-state index in [1.807, 2.05) is 14.0 Å². The van der Waals surface area contributed by atoms with Crippen molar-refractivity contribution in [1.82, 2.24) is 5.32 Å². The quantitative estimate of drug-likeness (QED) is 0.427. The Morgan fingerprint density at radius 1 is 0.941 bits per heavy atom. The Hall–Kier alpha value is -2.13. The summed E-state index contributed by atoms with van der Waals surface area (Å²) in [6, 6.07) is 7.53. The molecule has 1 fully saturated rings. The Labute approximate surface area is 194 Å². The van der Waals surface area contributed by atoms with E-state index in [9.17, 15) is 30.7 Å². The van der Waals surface area contributed by atoms with Crippen molar-refractivity contribution in [2.45, 2.75) is 57.2 Å². The van der Waals surface area contributed by atoms with E-state index in [1.54, 1.807) is 12.1 Å². The summed E-state index contributed by atoms with van der Waals surface area (Å²) >= 11 is 0. The molecule has 0 aromatic heterocycles. The minimum absolute atomic E-state index is 0.0936. The van der Waals surface area contributed by atoms with Crippen LogP contribution >= 0.6 is 0 Å². The van der Waals surface area contributed by atoms with Crippen LogP contribution in [-0.2, 0) is 17.1 Å². The zero-order chi connectivity index (χ0) is 25.3. The second kappa shape index (κ2) is 10.2. The first-order chi connectivity index (χ1) is 15.8. The molecule has 34 heavy (non-hydrogen) atoms. The van der Waals surface area contributed by atoms with Crippen molar-refractivity contribution >= 4 is 0 Å². The van der Waals surface area contributed by atoms with Crippen LogP contribution in [0, 0.1) is 17.7 Å². The van der Waals surface area contributed by atoms with E-state index < -0.39 is 41.5 Å². The molecular weight excluding hydrogens is 463 g/mol. The number of halogens is 7. The van der Waals surface area contributed by atoms with E-state index in [4.69, 9.17) is 4.74 Å². The lowest BCUT2D eigenvalue weighted by molar-refractivity contribution is -0.143. The fourth-order valence-corrected chi connectivity index (χ4v) is 4.91. The van der Waals surface area contributed by atoms with E-state index in [0.717, 1.165) is 18.5 Å². The highest BCUT2D eigenvalue weighted by molar-refractivity contribution is 5.35. The highest BCUT2D eigenvalue weighted by Gasteiger charge is 2.40. The standard InChI is InChI=1S/C25H28F7NO/c1-14-17(13-33-3)6-9-22(23(14)16-4-7-21(26)8-5-16)34-15(2)18-10-19(24(27,28)29)12-20(11-18)25(30,31)32/h4-5,7-8,10-12,14-15,17,22-23,33H,6,9,13H2,1-3H3/t14-,15+,17+,22+,23-/m1/s1.